The summed E-state index contributed by atoms with van der Waals surface area (Å²) in [6.07, 6.45) is 3.67. The fourth-order valence-electron chi connectivity index (χ4n) is 1.76. The molecule has 2 bridgehead atoms. The molecule has 13 heavy (non-hydrogen) atoms. The standard InChI is InChI=1S/C9H10O4/c1-12-9(11)6-4-5-2-3-7(6)13-8(5)10/h2-3,5-7H,4H2,1H3/t5-,6+,7+/m1/s1. The molecule has 3 atom stereocenters. The molecular weight excluding hydrogens is 172 g/mol. The Morgan fingerprint density at radius 1 is 1.62 bits per heavy atom. The molecule has 0 aromatic heterocycles. The highest BCUT2D eigenvalue weighted by Crippen LogP contribution is 2.33. The van der Waals surface area contributed by atoms with Gasteiger partial charge in [0.2, 0.25) is 0 Å². The topological polar surface area (TPSA) is 52.6 Å². The summed E-state index contributed by atoms with van der Waals surface area (Å²) < 4.78 is 9.61. The van der Waals surface area contributed by atoms with Crippen molar-refractivity contribution in [2.24, 2.45) is 11.8 Å². The number of rotatable bonds is 1. The fraction of sp³-hybridized carbons (Fsp3) is 0.556. The first kappa shape index (κ1) is 8.29. The minimum absolute atomic E-state index is 0.229. The highest BCUT2D eigenvalue weighted by molar-refractivity contribution is 5.82. The van der Waals surface area contributed by atoms with Crippen LogP contribution >= 0.6 is 0 Å². The molecule has 0 unspecified atom stereocenters. The largest absolute Gasteiger partial charge is 0.469 e. The number of carbonyl (C=O) groups is 2. The van der Waals surface area contributed by atoms with E-state index in [4.69, 9.17) is 4.74 Å². The maximum Gasteiger partial charge on any atom is 0.313 e. The molecule has 0 aromatic rings. The Morgan fingerprint density at radius 3 is 2.85 bits per heavy atom. The summed E-state index contributed by atoms with van der Waals surface area (Å²) in [5, 5.41) is 0. The van der Waals surface area contributed by atoms with Crippen LogP contribution in [-0.2, 0) is 19.1 Å². The Hall–Kier alpha value is -1.32. The average molecular weight is 182 g/mol. The molecule has 4 nitrogen and oxygen atoms in total. The average Bonchev–Trinajstić information content (AvgIpc) is 2.17. The molecule has 0 aromatic carbocycles. The van der Waals surface area contributed by atoms with Gasteiger partial charge in [0.15, 0.2) is 0 Å². The molecular formula is C9H10O4. The zero-order valence-electron chi connectivity index (χ0n) is 7.23. The lowest BCUT2D eigenvalue weighted by molar-refractivity contribution is -0.169. The first-order valence-corrected chi connectivity index (χ1v) is 4.19. The van der Waals surface area contributed by atoms with Crippen LogP contribution in [0.25, 0.3) is 0 Å². The van der Waals surface area contributed by atoms with Gasteiger partial charge in [-0.15, -0.1) is 0 Å². The predicted molar refractivity (Wildman–Crippen MR) is 42.6 cm³/mol. The van der Waals surface area contributed by atoms with Gasteiger partial charge in [-0.05, 0) is 12.5 Å². The number of hydrogen-bond acceptors (Lipinski definition) is 4. The number of fused-ring (bicyclic) bond motifs is 2. The second-order valence-electron chi connectivity index (χ2n) is 3.26. The van der Waals surface area contributed by atoms with Crippen LogP contribution in [0.5, 0.6) is 0 Å². The first-order chi connectivity index (χ1) is 6.22. The van der Waals surface area contributed by atoms with E-state index >= 15 is 0 Å². The fourth-order valence-corrected chi connectivity index (χ4v) is 1.76. The third-order valence-corrected chi connectivity index (χ3v) is 2.50. The van der Waals surface area contributed by atoms with Crippen molar-refractivity contribution in [1.82, 2.24) is 0 Å². The van der Waals surface area contributed by atoms with E-state index in [1.165, 1.54) is 7.11 Å². The quantitative estimate of drug-likeness (QED) is 0.431. The molecule has 0 radical (unpaired) electrons. The second-order valence-corrected chi connectivity index (χ2v) is 3.26. The third kappa shape index (κ3) is 1.22. The minimum atomic E-state index is -0.412. The summed E-state index contributed by atoms with van der Waals surface area (Å²) in [4.78, 5) is 22.3. The van der Waals surface area contributed by atoms with Gasteiger partial charge in [0.05, 0.1) is 18.9 Å². The predicted octanol–water partition coefficient (Wildman–Crippen LogP) is 0.277. The highest BCUT2D eigenvalue weighted by atomic mass is 16.6. The van der Waals surface area contributed by atoms with Gasteiger partial charge >= 0.3 is 11.9 Å². The van der Waals surface area contributed by atoms with E-state index < -0.39 is 6.10 Å². The van der Waals surface area contributed by atoms with Gasteiger partial charge in [-0.2, -0.15) is 0 Å². The van der Waals surface area contributed by atoms with Gasteiger partial charge in [0, 0.05) is 0 Å². The van der Waals surface area contributed by atoms with Crippen LogP contribution in [0.1, 0.15) is 6.42 Å². The molecule has 0 N–H and O–H groups in total. The van der Waals surface area contributed by atoms with Crippen molar-refractivity contribution in [2.45, 2.75) is 12.5 Å². The molecule has 1 saturated heterocycles. The number of esters is 2. The maximum absolute atomic E-state index is 11.2. The van der Waals surface area contributed by atoms with E-state index in [1.54, 1.807) is 12.2 Å². The van der Waals surface area contributed by atoms with Crippen molar-refractivity contribution >= 4 is 11.9 Å². The molecule has 70 valence electrons. The van der Waals surface area contributed by atoms with Crippen molar-refractivity contribution < 1.29 is 19.1 Å². The first-order valence-electron chi connectivity index (χ1n) is 4.19. The van der Waals surface area contributed by atoms with E-state index in [1.807, 2.05) is 0 Å². The lowest BCUT2D eigenvalue weighted by Gasteiger charge is -2.34. The van der Waals surface area contributed by atoms with Crippen molar-refractivity contribution in [2.75, 3.05) is 7.11 Å². The van der Waals surface area contributed by atoms with E-state index in [0.717, 1.165) is 0 Å². The summed E-state index contributed by atoms with van der Waals surface area (Å²) in [7, 11) is 1.34. The van der Waals surface area contributed by atoms with Crippen LogP contribution in [0.3, 0.4) is 0 Å². The smallest absolute Gasteiger partial charge is 0.313 e. The molecule has 3 rings (SSSR count). The molecule has 0 spiro atoms. The third-order valence-electron chi connectivity index (χ3n) is 2.50. The monoisotopic (exact) mass is 182 g/mol. The van der Waals surface area contributed by atoms with Crippen LogP contribution < -0.4 is 0 Å². The Bertz CT molecular complexity index is 281. The summed E-state index contributed by atoms with van der Waals surface area (Å²) in [5.41, 5.74) is 0. The van der Waals surface area contributed by atoms with E-state index in [9.17, 15) is 9.59 Å². The van der Waals surface area contributed by atoms with Gasteiger partial charge < -0.3 is 9.47 Å². The lowest BCUT2D eigenvalue weighted by Crippen LogP contribution is -2.44. The van der Waals surface area contributed by atoms with Crippen LogP contribution in [0, 0.1) is 11.8 Å². The summed E-state index contributed by atoms with van der Waals surface area (Å²) in [5.74, 6) is -1.09. The Morgan fingerprint density at radius 2 is 2.38 bits per heavy atom. The van der Waals surface area contributed by atoms with Gasteiger partial charge in [-0.25, -0.2) is 0 Å². The summed E-state index contributed by atoms with van der Waals surface area (Å²) in [6, 6.07) is 0. The molecule has 2 heterocycles. The summed E-state index contributed by atoms with van der Waals surface area (Å²) in [6.45, 7) is 0. The molecule has 3 aliphatic rings. The lowest BCUT2D eigenvalue weighted by atomic mass is 9.82. The molecule has 0 amide bonds. The minimum Gasteiger partial charge on any atom is -0.469 e. The van der Waals surface area contributed by atoms with Crippen LogP contribution in [0.15, 0.2) is 12.2 Å². The number of ether oxygens (including phenoxy) is 2. The van der Waals surface area contributed by atoms with Gasteiger partial charge in [-0.3, -0.25) is 9.59 Å². The molecule has 0 saturated carbocycles. The van der Waals surface area contributed by atoms with Gasteiger partial charge in [0.1, 0.15) is 6.10 Å². The van der Waals surface area contributed by atoms with Crippen molar-refractivity contribution in [3.8, 4) is 0 Å². The number of hydrogen-bond donors (Lipinski definition) is 0. The van der Waals surface area contributed by atoms with Crippen LogP contribution in [-0.4, -0.2) is 25.2 Å². The second kappa shape index (κ2) is 2.87. The Kier molecular flexibility index (Phi) is 1.83. The zero-order chi connectivity index (χ0) is 9.42. The Labute approximate surface area is 75.5 Å². The van der Waals surface area contributed by atoms with E-state index in [2.05, 4.69) is 4.74 Å². The molecule has 1 fully saturated rings. The van der Waals surface area contributed by atoms with Crippen molar-refractivity contribution in [1.29, 1.82) is 0 Å². The highest BCUT2D eigenvalue weighted by Gasteiger charge is 2.43. The van der Waals surface area contributed by atoms with E-state index in [-0.39, 0.29) is 23.8 Å². The molecule has 2 aliphatic heterocycles. The molecule has 1 aliphatic carbocycles. The van der Waals surface area contributed by atoms with Gasteiger partial charge in [0.25, 0.3) is 0 Å². The van der Waals surface area contributed by atoms with Crippen molar-refractivity contribution in [3.63, 3.8) is 0 Å². The number of carbonyl (C=O) groups excluding carboxylic acids is 2. The summed E-state index contributed by atoms with van der Waals surface area (Å²) >= 11 is 0. The normalized spacial score (nSPS) is 35.8. The maximum atomic E-state index is 11.2. The van der Waals surface area contributed by atoms with E-state index in [0.29, 0.717) is 6.42 Å². The number of methoxy groups -OCH3 is 1. The Balaban J connectivity index is 2.17. The van der Waals surface area contributed by atoms with Crippen LogP contribution in [0.2, 0.25) is 0 Å². The van der Waals surface area contributed by atoms with Crippen LogP contribution in [0.4, 0.5) is 0 Å². The van der Waals surface area contributed by atoms with Crippen molar-refractivity contribution in [3.05, 3.63) is 12.2 Å². The van der Waals surface area contributed by atoms with Gasteiger partial charge in [-0.1, -0.05) is 6.08 Å². The zero-order valence-corrected chi connectivity index (χ0v) is 7.23. The SMILES string of the molecule is COC(=O)[C@H]1C[C@H]2C=C[C@@H]1OC2=O. The molecule has 4 heteroatoms.